The number of hydrogen-bond acceptors (Lipinski definition) is 4. The lowest BCUT2D eigenvalue weighted by molar-refractivity contribution is 0.177. The first kappa shape index (κ1) is 11.6. The minimum absolute atomic E-state index is 0.451. The van der Waals surface area contributed by atoms with Gasteiger partial charge in [0.15, 0.2) is 0 Å². The van der Waals surface area contributed by atoms with Gasteiger partial charge in [-0.25, -0.2) is 0 Å². The van der Waals surface area contributed by atoms with Crippen molar-refractivity contribution in [3.05, 3.63) is 41.5 Å². The Balaban J connectivity index is 2.20. The molecule has 0 radical (unpaired) electrons. The largest absolute Gasteiger partial charge is 0.398 e. The quantitative estimate of drug-likeness (QED) is 0.827. The van der Waals surface area contributed by atoms with Crippen LogP contribution in [0.4, 0.5) is 5.69 Å². The lowest BCUT2D eigenvalue weighted by Gasteiger charge is -2.10. The fourth-order valence-corrected chi connectivity index (χ4v) is 1.87. The predicted molar refractivity (Wildman–Crippen MR) is 65.3 cm³/mol. The molecule has 0 saturated carbocycles. The minimum Gasteiger partial charge on any atom is -0.398 e. The van der Waals surface area contributed by atoms with Gasteiger partial charge in [-0.1, -0.05) is 0 Å². The van der Waals surface area contributed by atoms with Gasteiger partial charge < -0.3 is 10.8 Å². The van der Waals surface area contributed by atoms with E-state index in [2.05, 4.69) is 10.1 Å². The zero-order valence-corrected chi connectivity index (χ0v) is 9.96. The minimum atomic E-state index is -0.602. The van der Waals surface area contributed by atoms with Crippen molar-refractivity contribution in [1.29, 1.82) is 0 Å². The third-order valence-corrected chi connectivity index (χ3v) is 2.77. The maximum Gasteiger partial charge on any atom is 0.0864 e. The number of aryl methyl sites for hydroxylation is 2. The molecule has 0 bridgehead atoms. The summed E-state index contributed by atoms with van der Waals surface area (Å²) in [7, 11) is 1.83. The normalized spacial score (nSPS) is 12.6. The van der Waals surface area contributed by atoms with Crippen molar-refractivity contribution in [2.75, 3.05) is 5.73 Å². The van der Waals surface area contributed by atoms with E-state index < -0.39 is 6.10 Å². The van der Waals surface area contributed by atoms with Gasteiger partial charge >= 0.3 is 0 Å². The molecule has 0 aliphatic heterocycles. The van der Waals surface area contributed by atoms with Crippen LogP contribution in [0, 0.1) is 6.92 Å². The summed E-state index contributed by atoms with van der Waals surface area (Å²) in [6.45, 7) is 1.88. The van der Waals surface area contributed by atoms with E-state index >= 15 is 0 Å². The topological polar surface area (TPSA) is 77.0 Å². The van der Waals surface area contributed by atoms with Gasteiger partial charge in [0, 0.05) is 43.3 Å². The number of hydrogen-bond donors (Lipinski definition) is 2. The highest BCUT2D eigenvalue weighted by atomic mass is 16.3. The van der Waals surface area contributed by atoms with Gasteiger partial charge in [0.05, 0.1) is 11.8 Å². The molecule has 0 aliphatic rings. The molecule has 2 aromatic rings. The van der Waals surface area contributed by atoms with Gasteiger partial charge in [-0.05, 0) is 18.6 Å². The molecule has 1 atom stereocenters. The molecule has 1 unspecified atom stereocenters. The number of nitrogen functional groups attached to an aromatic ring is 1. The number of aliphatic hydroxyl groups excluding tert-OH is 1. The molecular weight excluding hydrogens is 216 g/mol. The van der Waals surface area contributed by atoms with Crippen LogP contribution in [-0.4, -0.2) is 19.9 Å². The highest BCUT2D eigenvalue weighted by Crippen LogP contribution is 2.22. The summed E-state index contributed by atoms with van der Waals surface area (Å²) < 4.78 is 1.69. The Morgan fingerprint density at radius 3 is 2.88 bits per heavy atom. The number of aliphatic hydroxyl groups is 1. The highest BCUT2D eigenvalue weighted by molar-refractivity contribution is 5.45. The average molecular weight is 232 g/mol. The Hall–Kier alpha value is -1.88. The number of rotatable bonds is 3. The summed E-state index contributed by atoms with van der Waals surface area (Å²) in [5.41, 5.74) is 8.99. The van der Waals surface area contributed by atoms with E-state index in [-0.39, 0.29) is 0 Å². The van der Waals surface area contributed by atoms with E-state index in [0.29, 0.717) is 12.1 Å². The van der Waals surface area contributed by atoms with Crippen LogP contribution in [0.15, 0.2) is 24.7 Å². The zero-order valence-electron chi connectivity index (χ0n) is 9.96. The van der Waals surface area contributed by atoms with Gasteiger partial charge in [-0.2, -0.15) is 5.10 Å². The number of anilines is 1. The highest BCUT2D eigenvalue weighted by Gasteiger charge is 2.15. The van der Waals surface area contributed by atoms with Gasteiger partial charge in [0.25, 0.3) is 0 Å². The van der Waals surface area contributed by atoms with Crippen LogP contribution in [0.2, 0.25) is 0 Å². The van der Waals surface area contributed by atoms with Crippen LogP contribution < -0.4 is 5.73 Å². The van der Waals surface area contributed by atoms with Crippen molar-refractivity contribution in [1.82, 2.24) is 14.8 Å². The summed E-state index contributed by atoms with van der Waals surface area (Å²) in [4.78, 5) is 4.01. The fraction of sp³-hybridized carbons (Fsp3) is 0.333. The van der Waals surface area contributed by atoms with Crippen LogP contribution in [-0.2, 0) is 13.5 Å². The average Bonchev–Trinajstić information content (AvgIpc) is 2.61. The van der Waals surface area contributed by atoms with Crippen LogP contribution in [0.1, 0.15) is 22.9 Å². The summed E-state index contributed by atoms with van der Waals surface area (Å²) in [5.74, 6) is 0. The van der Waals surface area contributed by atoms with E-state index in [1.165, 1.54) is 0 Å². The smallest absolute Gasteiger partial charge is 0.0864 e. The Morgan fingerprint density at radius 2 is 2.29 bits per heavy atom. The lowest BCUT2D eigenvalue weighted by atomic mass is 10.0. The molecule has 0 saturated heterocycles. The molecule has 5 heteroatoms. The first-order chi connectivity index (χ1) is 8.08. The van der Waals surface area contributed by atoms with Crippen LogP contribution in [0.25, 0.3) is 0 Å². The van der Waals surface area contributed by atoms with Gasteiger partial charge in [0.2, 0.25) is 0 Å². The van der Waals surface area contributed by atoms with E-state index in [9.17, 15) is 5.11 Å². The van der Waals surface area contributed by atoms with E-state index in [4.69, 9.17) is 5.73 Å². The number of aromatic nitrogens is 3. The summed E-state index contributed by atoms with van der Waals surface area (Å²) in [5, 5.41) is 14.4. The lowest BCUT2D eigenvalue weighted by Crippen LogP contribution is -2.05. The third kappa shape index (κ3) is 2.45. The van der Waals surface area contributed by atoms with Crippen molar-refractivity contribution >= 4 is 5.69 Å². The second kappa shape index (κ2) is 4.55. The van der Waals surface area contributed by atoms with Crippen LogP contribution in [0.5, 0.6) is 0 Å². The second-order valence-corrected chi connectivity index (χ2v) is 4.14. The Bertz CT molecular complexity index is 521. The second-order valence-electron chi connectivity index (χ2n) is 4.14. The van der Waals surface area contributed by atoms with Crippen molar-refractivity contribution in [2.24, 2.45) is 7.05 Å². The van der Waals surface area contributed by atoms with Crippen molar-refractivity contribution in [3.8, 4) is 0 Å². The molecule has 2 rings (SSSR count). The maximum absolute atomic E-state index is 10.2. The van der Waals surface area contributed by atoms with Crippen molar-refractivity contribution in [3.63, 3.8) is 0 Å². The molecule has 0 spiro atoms. The first-order valence-electron chi connectivity index (χ1n) is 5.44. The Labute approximate surface area is 99.9 Å². The van der Waals surface area contributed by atoms with Crippen LogP contribution >= 0.6 is 0 Å². The first-order valence-corrected chi connectivity index (χ1v) is 5.44. The van der Waals surface area contributed by atoms with E-state index in [0.717, 1.165) is 16.8 Å². The number of pyridine rings is 1. The van der Waals surface area contributed by atoms with Crippen molar-refractivity contribution < 1.29 is 5.11 Å². The van der Waals surface area contributed by atoms with Gasteiger partial charge in [-0.3, -0.25) is 9.67 Å². The summed E-state index contributed by atoms with van der Waals surface area (Å²) in [6, 6.07) is 1.73. The van der Waals surface area contributed by atoms with Crippen molar-refractivity contribution in [2.45, 2.75) is 19.4 Å². The van der Waals surface area contributed by atoms with E-state index in [1.54, 1.807) is 23.1 Å². The number of nitrogens with zero attached hydrogens (tertiary/aromatic N) is 3. The molecule has 2 aromatic heterocycles. The molecule has 0 aromatic carbocycles. The molecule has 3 N–H and O–H groups in total. The monoisotopic (exact) mass is 232 g/mol. The van der Waals surface area contributed by atoms with Gasteiger partial charge in [-0.15, -0.1) is 0 Å². The van der Waals surface area contributed by atoms with E-state index in [1.807, 2.05) is 20.2 Å². The summed E-state index contributed by atoms with van der Waals surface area (Å²) in [6.07, 6.45) is 5.00. The van der Waals surface area contributed by atoms with Crippen LogP contribution in [0.3, 0.4) is 0 Å². The van der Waals surface area contributed by atoms with Gasteiger partial charge in [0.1, 0.15) is 0 Å². The standard InChI is InChI=1S/C12H16N4O/c1-8-10(7-16(2)15-8)12(17)5-9-6-14-4-3-11(9)13/h3-4,6-7,12,17H,5H2,1-2H3,(H2,13,14). The molecule has 0 aliphatic carbocycles. The SMILES string of the molecule is Cc1nn(C)cc1C(O)Cc1cnccc1N. The molecule has 90 valence electrons. The molecule has 5 nitrogen and oxygen atoms in total. The Kier molecular flexibility index (Phi) is 3.10. The third-order valence-electron chi connectivity index (χ3n) is 2.77. The summed E-state index contributed by atoms with van der Waals surface area (Å²) >= 11 is 0. The molecule has 0 amide bonds. The molecule has 17 heavy (non-hydrogen) atoms. The predicted octanol–water partition coefficient (Wildman–Crippen LogP) is 0.982. The Morgan fingerprint density at radius 1 is 1.53 bits per heavy atom. The molecule has 0 fully saturated rings. The zero-order chi connectivity index (χ0) is 12.4. The number of nitrogens with two attached hydrogens (primary N) is 1. The molecular formula is C12H16N4O. The molecule has 2 heterocycles. The maximum atomic E-state index is 10.2. The fourth-order valence-electron chi connectivity index (χ4n) is 1.87.